The third kappa shape index (κ3) is 9.99. The monoisotopic (exact) mass is 695 g/mol. The molecule has 4 atom stereocenters. The standard InChI is InChI=1S/C34H45N7O9/c1-19(2)15-23(37-26(42)16-21-9-6-5-7-10-21)29(45)38-24(18-27(43)44)30(46)40-28(20(3)4)31(47)41-14-8-12-34(41,32(48)49)22-11-13-36-25(17-22)39-33(35)50/h5-7,9-11,13,17,19-20,23-24,28H,8,12,14-16,18H2,1-4H3,(H,37,42)(H,38,45)(H,40,46)(H,43,44)(H,48,49)(H3,35,36,39,50)/t23-,24-,28-,34-/m0/s1. The summed E-state index contributed by atoms with van der Waals surface area (Å²) in [4.78, 5) is 95.3. The molecule has 0 aliphatic carbocycles. The summed E-state index contributed by atoms with van der Waals surface area (Å²) in [5.74, 6) is -6.40. The zero-order chi connectivity index (χ0) is 37.2. The van der Waals surface area contributed by atoms with E-state index < -0.39 is 77.6 Å². The van der Waals surface area contributed by atoms with Crippen LogP contribution in [0.25, 0.3) is 0 Å². The average Bonchev–Trinajstić information content (AvgIpc) is 3.49. The van der Waals surface area contributed by atoms with Crippen LogP contribution in [0.2, 0.25) is 0 Å². The predicted octanol–water partition coefficient (Wildman–Crippen LogP) is 1.35. The number of nitrogens with two attached hydrogens (primary N) is 1. The van der Waals surface area contributed by atoms with Crippen molar-refractivity contribution in [2.45, 2.75) is 83.5 Å². The van der Waals surface area contributed by atoms with Crippen molar-refractivity contribution in [3.05, 3.63) is 59.8 Å². The van der Waals surface area contributed by atoms with Crippen LogP contribution in [0.5, 0.6) is 0 Å². The first-order valence-corrected chi connectivity index (χ1v) is 16.3. The molecule has 6 amide bonds. The SMILES string of the molecule is CC(C)C[C@H](NC(=O)Cc1ccccc1)C(=O)N[C@@H](CC(=O)O)C(=O)N[C@H](C(=O)N1CCC[C@@]1(C(=O)O)c1ccnc(NC(N)=O)c1)C(C)C. The molecule has 8 N–H and O–H groups in total. The summed E-state index contributed by atoms with van der Waals surface area (Å²) in [5, 5.41) is 30.1. The molecule has 1 fully saturated rings. The van der Waals surface area contributed by atoms with Gasteiger partial charge in [-0.1, -0.05) is 58.0 Å². The minimum atomic E-state index is -1.89. The summed E-state index contributed by atoms with van der Waals surface area (Å²) in [6.45, 7) is 6.92. The lowest BCUT2D eigenvalue weighted by atomic mass is 9.86. The Bertz CT molecular complexity index is 1580. The number of hydrogen-bond donors (Lipinski definition) is 7. The number of nitrogens with zero attached hydrogens (tertiary/aromatic N) is 2. The fraction of sp³-hybridized carbons (Fsp3) is 0.471. The number of carbonyl (C=O) groups excluding carboxylic acids is 5. The highest BCUT2D eigenvalue weighted by Gasteiger charge is 2.53. The quantitative estimate of drug-likeness (QED) is 0.133. The van der Waals surface area contributed by atoms with Crippen molar-refractivity contribution >= 4 is 47.4 Å². The molecule has 1 aromatic carbocycles. The maximum absolute atomic E-state index is 14.1. The second-order valence-electron chi connectivity index (χ2n) is 13.0. The van der Waals surface area contributed by atoms with Gasteiger partial charge in [-0.2, -0.15) is 0 Å². The van der Waals surface area contributed by atoms with Gasteiger partial charge in [-0.3, -0.25) is 29.3 Å². The average molecular weight is 696 g/mol. The van der Waals surface area contributed by atoms with Gasteiger partial charge in [-0.05, 0) is 54.4 Å². The maximum Gasteiger partial charge on any atom is 0.334 e. The lowest BCUT2D eigenvalue weighted by Gasteiger charge is -2.38. The van der Waals surface area contributed by atoms with Gasteiger partial charge in [-0.15, -0.1) is 0 Å². The molecular weight excluding hydrogens is 650 g/mol. The van der Waals surface area contributed by atoms with E-state index in [0.717, 1.165) is 10.5 Å². The Hall–Kier alpha value is -5.54. The Morgan fingerprint density at radius 2 is 1.58 bits per heavy atom. The molecule has 1 aromatic heterocycles. The molecule has 1 saturated heterocycles. The summed E-state index contributed by atoms with van der Waals surface area (Å²) >= 11 is 0. The zero-order valence-corrected chi connectivity index (χ0v) is 28.5. The lowest BCUT2D eigenvalue weighted by molar-refractivity contribution is -0.159. The van der Waals surface area contributed by atoms with Crippen LogP contribution in [-0.4, -0.2) is 86.4 Å². The number of anilines is 1. The number of amides is 6. The second-order valence-corrected chi connectivity index (χ2v) is 13.0. The van der Waals surface area contributed by atoms with Crippen molar-refractivity contribution in [3.63, 3.8) is 0 Å². The summed E-state index contributed by atoms with van der Waals surface area (Å²) in [5.41, 5.74) is 4.17. The molecule has 16 heteroatoms. The first-order chi connectivity index (χ1) is 23.5. The van der Waals surface area contributed by atoms with E-state index in [9.17, 15) is 43.8 Å². The molecule has 0 unspecified atom stereocenters. The molecule has 2 heterocycles. The highest BCUT2D eigenvalue weighted by molar-refractivity contribution is 5.97. The number of nitrogens with one attached hydrogen (secondary N) is 4. The largest absolute Gasteiger partial charge is 0.481 e. The van der Waals surface area contributed by atoms with Gasteiger partial charge in [0.05, 0.1) is 12.8 Å². The summed E-state index contributed by atoms with van der Waals surface area (Å²) < 4.78 is 0. The number of hydrogen-bond acceptors (Lipinski definition) is 8. The number of aromatic nitrogens is 1. The van der Waals surface area contributed by atoms with Gasteiger partial charge in [0.2, 0.25) is 23.6 Å². The lowest BCUT2D eigenvalue weighted by Crippen LogP contribution is -2.61. The van der Waals surface area contributed by atoms with Gasteiger partial charge in [0.25, 0.3) is 0 Å². The van der Waals surface area contributed by atoms with Crippen LogP contribution >= 0.6 is 0 Å². The normalized spacial score (nSPS) is 17.4. The highest BCUT2D eigenvalue weighted by Crippen LogP contribution is 2.40. The Labute approximate surface area is 289 Å². The van der Waals surface area contributed by atoms with Gasteiger partial charge >= 0.3 is 18.0 Å². The van der Waals surface area contributed by atoms with Gasteiger partial charge in [0.15, 0.2) is 5.54 Å². The molecule has 3 rings (SSSR count). The third-order valence-electron chi connectivity index (χ3n) is 8.30. The van der Waals surface area contributed by atoms with Crippen molar-refractivity contribution in [2.75, 3.05) is 11.9 Å². The van der Waals surface area contributed by atoms with Crippen molar-refractivity contribution in [1.29, 1.82) is 0 Å². The zero-order valence-electron chi connectivity index (χ0n) is 28.5. The fourth-order valence-electron chi connectivity index (χ4n) is 5.97. The molecule has 1 aliphatic rings. The molecular formula is C34H45N7O9. The van der Waals surface area contributed by atoms with E-state index in [1.807, 2.05) is 13.8 Å². The van der Waals surface area contributed by atoms with E-state index in [1.54, 1.807) is 44.2 Å². The van der Waals surface area contributed by atoms with E-state index in [2.05, 4.69) is 26.3 Å². The second kappa shape index (κ2) is 17.2. The number of carboxylic acid groups (broad SMARTS) is 2. The number of aliphatic carboxylic acids is 2. The van der Waals surface area contributed by atoms with Crippen molar-refractivity contribution in [2.24, 2.45) is 17.6 Å². The summed E-state index contributed by atoms with van der Waals surface area (Å²) in [6, 6.07) is 6.60. The van der Waals surface area contributed by atoms with E-state index in [-0.39, 0.29) is 43.1 Å². The number of carboxylic acids is 2. The number of benzene rings is 1. The van der Waals surface area contributed by atoms with E-state index >= 15 is 0 Å². The Morgan fingerprint density at radius 1 is 0.920 bits per heavy atom. The molecule has 1 aliphatic heterocycles. The molecule has 50 heavy (non-hydrogen) atoms. The number of urea groups is 1. The molecule has 0 radical (unpaired) electrons. The minimum Gasteiger partial charge on any atom is -0.481 e. The summed E-state index contributed by atoms with van der Waals surface area (Å²) in [6.07, 6.45) is 0.929. The fourth-order valence-corrected chi connectivity index (χ4v) is 5.97. The number of likely N-dealkylation sites (tertiary alicyclic amines) is 1. The molecule has 16 nitrogen and oxygen atoms in total. The Morgan fingerprint density at radius 3 is 2.16 bits per heavy atom. The van der Waals surface area contributed by atoms with E-state index in [0.29, 0.717) is 6.42 Å². The third-order valence-corrected chi connectivity index (χ3v) is 8.30. The van der Waals surface area contributed by atoms with Crippen molar-refractivity contribution in [1.82, 2.24) is 25.8 Å². The Kier molecular flexibility index (Phi) is 13.4. The first kappa shape index (κ1) is 38.9. The van der Waals surface area contributed by atoms with Crippen LogP contribution in [0, 0.1) is 11.8 Å². The van der Waals surface area contributed by atoms with E-state index in [1.165, 1.54) is 18.3 Å². The number of primary amides is 1. The molecule has 0 spiro atoms. The highest BCUT2D eigenvalue weighted by atomic mass is 16.4. The summed E-state index contributed by atoms with van der Waals surface area (Å²) in [7, 11) is 0. The molecule has 0 bridgehead atoms. The van der Waals surface area contributed by atoms with Crippen LogP contribution < -0.4 is 27.0 Å². The molecule has 2 aromatic rings. The topological polar surface area (TPSA) is 250 Å². The smallest absolute Gasteiger partial charge is 0.334 e. The van der Waals surface area contributed by atoms with Gasteiger partial charge < -0.3 is 36.8 Å². The van der Waals surface area contributed by atoms with Crippen LogP contribution in [0.1, 0.15) is 64.5 Å². The number of carbonyl (C=O) groups is 7. The predicted molar refractivity (Wildman–Crippen MR) is 180 cm³/mol. The minimum absolute atomic E-state index is 0.00324. The van der Waals surface area contributed by atoms with Crippen LogP contribution in [0.4, 0.5) is 10.6 Å². The molecule has 270 valence electrons. The van der Waals surface area contributed by atoms with Gasteiger partial charge in [0.1, 0.15) is 23.9 Å². The van der Waals surface area contributed by atoms with Gasteiger partial charge in [-0.25, -0.2) is 14.6 Å². The van der Waals surface area contributed by atoms with Crippen molar-refractivity contribution in [3.8, 4) is 0 Å². The molecule has 0 saturated carbocycles. The van der Waals surface area contributed by atoms with Crippen LogP contribution in [0.3, 0.4) is 0 Å². The maximum atomic E-state index is 14.1. The Balaban J connectivity index is 1.85. The number of pyridine rings is 1. The van der Waals surface area contributed by atoms with Crippen molar-refractivity contribution < 1.29 is 43.8 Å². The van der Waals surface area contributed by atoms with Crippen LogP contribution in [-0.2, 0) is 40.7 Å². The number of rotatable bonds is 16. The first-order valence-electron chi connectivity index (χ1n) is 16.3. The van der Waals surface area contributed by atoms with E-state index in [4.69, 9.17) is 5.73 Å². The van der Waals surface area contributed by atoms with Gasteiger partial charge in [0, 0.05) is 12.7 Å². The van der Waals surface area contributed by atoms with Crippen LogP contribution in [0.15, 0.2) is 48.7 Å².